The van der Waals surface area contributed by atoms with E-state index in [2.05, 4.69) is 31.8 Å². The normalized spacial score (nSPS) is 10.6. The molecule has 0 heterocycles. The number of nitrogens with one attached hydrogen (secondary N) is 2. The van der Waals surface area contributed by atoms with Gasteiger partial charge in [0.1, 0.15) is 5.82 Å². The van der Waals surface area contributed by atoms with Gasteiger partial charge in [0.2, 0.25) is 0 Å². The average Bonchev–Trinajstić information content (AvgIpc) is 2.84. The number of benzene rings is 3. The molecule has 180 valence electrons. The Hall–Kier alpha value is -4.32. The van der Waals surface area contributed by atoms with Crippen LogP contribution in [0.4, 0.5) is 15.8 Å². The Kier molecular flexibility index (Phi) is 8.46. The molecule has 0 aliphatic carbocycles. The molecule has 0 aliphatic rings. The third-order valence-corrected chi connectivity index (χ3v) is 5.04. The molecule has 3 aromatic rings. The molecule has 0 saturated carbocycles. The number of hydrogen-bond acceptors (Lipinski definition) is 7. The van der Waals surface area contributed by atoms with Crippen molar-refractivity contribution in [3.63, 3.8) is 0 Å². The SMILES string of the molecule is COc1cc(/C=N/NC(=O)c2cccc([N+](=O)[O-])c2)cc(Br)c1OCC(=O)Nc1ccccc1F. The number of nitro benzene ring substituents is 1. The summed E-state index contributed by atoms with van der Waals surface area (Å²) in [6, 6.07) is 14.1. The standard InChI is InChI=1S/C23H18BrFN4O6/c1-34-20-10-14(12-26-28-23(31)15-5-4-6-16(11-15)29(32)33)9-17(24)22(20)35-13-21(30)27-19-8-3-2-7-18(19)25/h2-12H,13H2,1H3,(H,27,30)(H,28,31)/b26-12+. The fourth-order valence-corrected chi connectivity index (χ4v) is 3.41. The van der Waals surface area contributed by atoms with E-state index in [1.54, 1.807) is 18.2 Å². The van der Waals surface area contributed by atoms with Crippen molar-refractivity contribution in [1.29, 1.82) is 0 Å². The van der Waals surface area contributed by atoms with E-state index in [0.717, 1.165) is 6.07 Å². The monoisotopic (exact) mass is 544 g/mol. The van der Waals surface area contributed by atoms with Crippen LogP contribution in [0.25, 0.3) is 0 Å². The lowest BCUT2D eigenvalue weighted by Gasteiger charge is -2.13. The highest BCUT2D eigenvalue weighted by atomic mass is 79.9. The van der Waals surface area contributed by atoms with E-state index < -0.39 is 29.2 Å². The third-order valence-electron chi connectivity index (χ3n) is 4.45. The van der Waals surface area contributed by atoms with E-state index in [0.29, 0.717) is 10.0 Å². The zero-order valence-electron chi connectivity index (χ0n) is 18.2. The third kappa shape index (κ3) is 6.84. The summed E-state index contributed by atoms with van der Waals surface area (Å²) in [5.74, 6) is -1.27. The minimum atomic E-state index is -0.628. The number of ether oxygens (including phenoxy) is 2. The number of nitrogens with zero attached hydrogens (tertiary/aromatic N) is 2. The average molecular weight is 545 g/mol. The quantitative estimate of drug-likeness (QED) is 0.234. The van der Waals surface area contributed by atoms with Crippen molar-refractivity contribution in [3.05, 3.63) is 92.2 Å². The fraction of sp³-hybridized carbons (Fsp3) is 0.0870. The number of halogens is 2. The molecular formula is C23H18BrFN4O6. The molecule has 0 saturated heterocycles. The van der Waals surface area contributed by atoms with Gasteiger partial charge in [-0.25, -0.2) is 9.82 Å². The van der Waals surface area contributed by atoms with Gasteiger partial charge in [-0.2, -0.15) is 5.10 Å². The highest BCUT2D eigenvalue weighted by Crippen LogP contribution is 2.36. The molecule has 3 aromatic carbocycles. The van der Waals surface area contributed by atoms with Crippen molar-refractivity contribution in [2.45, 2.75) is 0 Å². The highest BCUT2D eigenvalue weighted by molar-refractivity contribution is 9.10. The Morgan fingerprint density at radius 3 is 2.66 bits per heavy atom. The summed E-state index contributed by atoms with van der Waals surface area (Å²) in [4.78, 5) is 34.6. The number of carbonyl (C=O) groups excluding carboxylic acids is 2. The van der Waals surface area contributed by atoms with Gasteiger partial charge < -0.3 is 14.8 Å². The molecule has 3 rings (SSSR count). The summed E-state index contributed by atoms with van der Waals surface area (Å²) >= 11 is 3.34. The number of carbonyl (C=O) groups is 2. The van der Waals surface area contributed by atoms with E-state index in [1.807, 2.05) is 0 Å². The molecule has 0 bridgehead atoms. The van der Waals surface area contributed by atoms with E-state index >= 15 is 0 Å². The van der Waals surface area contributed by atoms with Crippen molar-refractivity contribution >= 4 is 45.3 Å². The lowest BCUT2D eigenvalue weighted by Crippen LogP contribution is -2.21. The second-order valence-corrected chi connectivity index (χ2v) is 7.71. The fourth-order valence-electron chi connectivity index (χ4n) is 2.83. The van der Waals surface area contributed by atoms with Crippen LogP contribution in [0.5, 0.6) is 11.5 Å². The summed E-state index contributed by atoms with van der Waals surface area (Å²) in [5.41, 5.74) is 2.70. The van der Waals surface area contributed by atoms with Crippen molar-refractivity contribution < 1.29 is 28.4 Å². The minimum absolute atomic E-state index is 0.0332. The molecule has 0 atom stereocenters. The van der Waals surface area contributed by atoms with E-state index in [1.165, 1.54) is 49.7 Å². The molecule has 0 unspecified atom stereocenters. The summed E-state index contributed by atoms with van der Waals surface area (Å²) in [5, 5.41) is 17.1. The molecule has 12 heteroatoms. The van der Waals surface area contributed by atoms with E-state index in [-0.39, 0.29) is 28.4 Å². The zero-order valence-corrected chi connectivity index (χ0v) is 19.7. The Bertz CT molecular complexity index is 1300. The van der Waals surface area contributed by atoms with Gasteiger partial charge in [0.05, 0.1) is 28.4 Å². The predicted octanol–water partition coefficient (Wildman–Crippen LogP) is 4.29. The summed E-state index contributed by atoms with van der Waals surface area (Å²) in [6.07, 6.45) is 1.33. The number of non-ortho nitro benzene ring substituents is 1. The predicted molar refractivity (Wildman–Crippen MR) is 129 cm³/mol. The molecule has 0 aromatic heterocycles. The van der Waals surface area contributed by atoms with Gasteiger partial charge in [0, 0.05) is 17.7 Å². The molecule has 2 amide bonds. The maximum Gasteiger partial charge on any atom is 0.271 e. The second-order valence-electron chi connectivity index (χ2n) is 6.86. The topological polar surface area (TPSA) is 132 Å². The first-order valence-corrected chi connectivity index (χ1v) is 10.7. The Balaban J connectivity index is 1.64. The highest BCUT2D eigenvalue weighted by Gasteiger charge is 2.15. The molecule has 0 radical (unpaired) electrons. The van der Waals surface area contributed by atoms with Gasteiger partial charge in [-0.05, 0) is 51.8 Å². The first kappa shape index (κ1) is 25.3. The molecule has 0 fully saturated rings. The molecule has 2 N–H and O–H groups in total. The number of hydrazone groups is 1. The van der Waals surface area contributed by atoms with Crippen LogP contribution in [0.3, 0.4) is 0 Å². The van der Waals surface area contributed by atoms with Gasteiger partial charge in [-0.3, -0.25) is 19.7 Å². The molecular weight excluding hydrogens is 527 g/mol. The maximum atomic E-state index is 13.7. The number of rotatable bonds is 9. The second kappa shape index (κ2) is 11.7. The van der Waals surface area contributed by atoms with Crippen LogP contribution in [0.1, 0.15) is 15.9 Å². The van der Waals surface area contributed by atoms with Gasteiger partial charge >= 0.3 is 0 Å². The maximum absolute atomic E-state index is 13.7. The Morgan fingerprint density at radius 1 is 1.17 bits per heavy atom. The molecule has 0 aliphatic heterocycles. The van der Waals surface area contributed by atoms with Crippen LogP contribution in [-0.4, -0.2) is 36.7 Å². The van der Waals surface area contributed by atoms with E-state index in [9.17, 15) is 24.1 Å². The van der Waals surface area contributed by atoms with Crippen LogP contribution >= 0.6 is 15.9 Å². The largest absolute Gasteiger partial charge is 0.493 e. The molecule has 35 heavy (non-hydrogen) atoms. The number of methoxy groups -OCH3 is 1. The number of nitro groups is 1. The smallest absolute Gasteiger partial charge is 0.271 e. The first-order valence-electron chi connectivity index (χ1n) is 9.91. The van der Waals surface area contributed by atoms with Crippen molar-refractivity contribution in [1.82, 2.24) is 5.43 Å². The van der Waals surface area contributed by atoms with Gasteiger partial charge in [0.15, 0.2) is 18.1 Å². The lowest BCUT2D eigenvalue weighted by molar-refractivity contribution is -0.384. The summed E-state index contributed by atoms with van der Waals surface area (Å²) in [7, 11) is 1.40. The van der Waals surface area contributed by atoms with Gasteiger partial charge in [-0.15, -0.1) is 0 Å². The summed E-state index contributed by atoms with van der Waals surface area (Å²) < 4.78 is 25.0. The minimum Gasteiger partial charge on any atom is -0.493 e. The lowest BCUT2D eigenvalue weighted by atomic mass is 10.2. The molecule has 10 nitrogen and oxygen atoms in total. The van der Waals surface area contributed by atoms with Crippen LogP contribution in [0, 0.1) is 15.9 Å². The van der Waals surface area contributed by atoms with Gasteiger partial charge in [0.25, 0.3) is 17.5 Å². The number of anilines is 1. The zero-order chi connectivity index (χ0) is 25.4. The van der Waals surface area contributed by atoms with Crippen LogP contribution in [0.15, 0.2) is 70.2 Å². The Labute approximate surface area is 207 Å². The Morgan fingerprint density at radius 2 is 1.94 bits per heavy atom. The van der Waals surface area contributed by atoms with Crippen molar-refractivity contribution in [2.24, 2.45) is 5.10 Å². The summed E-state index contributed by atoms with van der Waals surface area (Å²) in [6.45, 7) is -0.407. The number of para-hydroxylation sites is 1. The van der Waals surface area contributed by atoms with E-state index in [4.69, 9.17) is 9.47 Å². The van der Waals surface area contributed by atoms with Gasteiger partial charge in [-0.1, -0.05) is 18.2 Å². The van der Waals surface area contributed by atoms with Crippen LogP contribution in [0.2, 0.25) is 0 Å². The first-order chi connectivity index (χ1) is 16.8. The van der Waals surface area contributed by atoms with Crippen LogP contribution in [-0.2, 0) is 4.79 Å². The number of amides is 2. The van der Waals surface area contributed by atoms with Crippen LogP contribution < -0.4 is 20.2 Å². The van der Waals surface area contributed by atoms with Crippen molar-refractivity contribution in [3.8, 4) is 11.5 Å². The number of hydrogen-bond donors (Lipinski definition) is 2. The van der Waals surface area contributed by atoms with Crippen molar-refractivity contribution in [2.75, 3.05) is 19.0 Å². The molecule has 0 spiro atoms.